The Morgan fingerprint density at radius 3 is 2.61 bits per heavy atom. The molecule has 2 heterocycles. The first kappa shape index (κ1) is 28.1. The van der Waals surface area contributed by atoms with Crippen molar-refractivity contribution < 1.29 is 27.5 Å². The zero-order chi connectivity index (χ0) is 29.0. The van der Waals surface area contributed by atoms with Gasteiger partial charge in [0, 0.05) is 24.3 Å². The van der Waals surface area contributed by atoms with E-state index in [9.17, 15) is 22.8 Å². The Morgan fingerprint density at radius 2 is 1.85 bits per heavy atom. The number of nitrogens with one attached hydrogen (secondary N) is 1. The SMILES string of the molecule is COC(=O)Nc1cc(-c2nc(C(F)(F)F)n(CCN(C(=O)Cc3cccc4ccccc34)C3CCCC3)n2)ccn1. The maximum atomic E-state index is 14.0. The first-order chi connectivity index (χ1) is 19.7. The van der Waals surface area contributed by atoms with Crippen LogP contribution >= 0.6 is 0 Å². The second-order valence-corrected chi connectivity index (χ2v) is 9.87. The number of carbonyl (C=O) groups is 2. The molecule has 0 bridgehead atoms. The Balaban J connectivity index is 1.39. The van der Waals surface area contributed by atoms with Crippen LogP contribution in [0.1, 0.15) is 37.1 Å². The van der Waals surface area contributed by atoms with E-state index in [1.165, 1.54) is 25.4 Å². The fraction of sp³-hybridized carbons (Fsp3) is 0.345. The average Bonchev–Trinajstić information content (AvgIpc) is 3.64. The number of benzene rings is 2. The fourth-order valence-electron chi connectivity index (χ4n) is 5.26. The van der Waals surface area contributed by atoms with Crippen molar-refractivity contribution >= 4 is 28.6 Å². The minimum atomic E-state index is -4.77. The van der Waals surface area contributed by atoms with Crippen molar-refractivity contribution in [3.05, 3.63) is 72.2 Å². The molecule has 0 saturated heterocycles. The highest BCUT2D eigenvalue weighted by atomic mass is 19.4. The van der Waals surface area contributed by atoms with Gasteiger partial charge >= 0.3 is 12.3 Å². The number of hydrogen-bond acceptors (Lipinski definition) is 6. The molecule has 1 aliphatic rings. The van der Waals surface area contributed by atoms with Gasteiger partial charge in [0.15, 0.2) is 5.82 Å². The predicted molar refractivity (Wildman–Crippen MR) is 146 cm³/mol. The van der Waals surface area contributed by atoms with E-state index >= 15 is 0 Å². The molecule has 0 aliphatic heterocycles. The van der Waals surface area contributed by atoms with E-state index in [1.807, 2.05) is 42.5 Å². The largest absolute Gasteiger partial charge is 0.453 e. The van der Waals surface area contributed by atoms with Crippen LogP contribution in [0.15, 0.2) is 60.8 Å². The highest BCUT2D eigenvalue weighted by molar-refractivity contribution is 5.90. The molecular formula is C29H29F3N6O3. The molecule has 5 rings (SSSR count). The van der Waals surface area contributed by atoms with E-state index in [1.54, 1.807) is 4.90 Å². The summed E-state index contributed by atoms with van der Waals surface area (Å²) in [7, 11) is 1.18. The van der Waals surface area contributed by atoms with Gasteiger partial charge in [-0.1, -0.05) is 55.3 Å². The molecule has 2 amide bonds. The number of aromatic nitrogens is 4. The molecular weight excluding hydrogens is 537 g/mol. The first-order valence-electron chi connectivity index (χ1n) is 13.3. The van der Waals surface area contributed by atoms with Crippen molar-refractivity contribution in [1.29, 1.82) is 0 Å². The minimum absolute atomic E-state index is 0.0399. The number of anilines is 1. The van der Waals surface area contributed by atoms with Crippen molar-refractivity contribution in [2.45, 2.75) is 50.9 Å². The lowest BCUT2D eigenvalue weighted by Gasteiger charge is -2.29. The monoisotopic (exact) mass is 566 g/mol. The van der Waals surface area contributed by atoms with Gasteiger partial charge in [0.25, 0.3) is 0 Å². The maximum Gasteiger partial charge on any atom is 0.451 e. The summed E-state index contributed by atoms with van der Waals surface area (Å²) in [6, 6.07) is 16.4. The van der Waals surface area contributed by atoms with Gasteiger partial charge in [-0.2, -0.15) is 18.3 Å². The standard InChI is InChI=1S/C29H29F3N6O3/c1-41-28(40)34-24-17-21(13-14-33-24)26-35-27(29(30,31)32)38(36-26)16-15-37(22-10-3-4-11-22)25(39)18-20-9-6-8-19-7-2-5-12-23(19)20/h2,5-9,12-14,17,22H,3-4,10-11,15-16,18H2,1H3,(H,33,34,40). The molecule has 1 aliphatic carbocycles. The van der Waals surface area contributed by atoms with Crippen LogP contribution < -0.4 is 5.32 Å². The summed E-state index contributed by atoms with van der Waals surface area (Å²) >= 11 is 0. The molecule has 214 valence electrons. The number of amides is 2. The quantitative estimate of drug-likeness (QED) is 0.293. The fourth-order valence-corrected chi connectivity index (χ4v) is 5.26. The van der Waals surface area contributed by atoms with Crippen molar-refractivity contribution in [2.24, 2.45) is 0 Å². The van der Waals surface area contributed by atoms with Crippen LogP contribution in [-0.4, -0.2) is 56.3 Å². The predicted octanol–water partition coefficient (Wildman–Crippen LogP) is 5.70. The Labute approximate surface area is 234 Å². The summed E-state index contributed by atoms with van der Waals surface area (Å²) in [4.78, 5) is 34.6. The molecule has 0 radical (unpaired) electrons. The summed E-state index contributed by atoms with van der Waals surface area (Å²) in [5.41, 5.74) is 1.11. The number of hydrogen-bond donors (Lipinski definition) is 1. The molecule has 0 spiro atoms. The Hall–Kier alpha value is -4.48. The molecule has 2 aromatic carbocycles. The zero-order valence-electron chi connectivity index (χ0n) is 22.4. The van der Waals surface area contributed by atoms with Crippen molar-refractivity contribution in [3.63, 3.8) is 0 Å². The van der Waals surface area contributed by atoms with E-state index in [-0.39, 0.29) is 48.7 Å². The number of rotatable bonds is 8. The van der Waals surface area contributed by atoms with Crippen LogP contribution in [0.4, 0.5) is 23.8 Å². The third-order valence-corrected chi connectivity index (χ3v) is 7.22. The van der Waals surface area contributed by atoms with E-state index < -0.39 is 18.1 Å². The smallest absolute Gasteiger partial charge is 0.451 e. The van der Waals surface area contributed by atoms with Crippen LogP contribution in [0.2, 0.25) is 0 Å². The molecule has 4 aromatic rings. The molecule has 0 atom stereocenters. The highest BCUT2D eigenvalue weighted by Crippen LogP contribution is 2.31. The lowest BCUT2D eigenvalue weighted by molar-refractivity contribution is -0.148. The summed E-state index contributed by atoms with van der Waals surface area (Å²) in [6.07, 6.45) is -0.517. The molecule has 2 aromatic heterocycles. The second-order valence-electron chi connectivity index (χ2n) is 9.87. The third-order valence-electron chi connectivity index (χ3n) is 7.22. The number of ether oxygens (including phenoxy) is 1. The lowest BCUT2D eigenvalue weighted by Crippen LogP contribution is -2.42. The summed E-state index contributed by atoms with van der Waals surface area (Å²) in [5, 5.41) is 8.52. The maximum absolute atomic E-state index is 14.0. The van der Waals surface area contributed by atoms with Crippen LogP contribution in [0.5, 0.6) is 0 Å². The lowest BCUT2D eigenvalue weighted by atomic mass is 10.0. The second kappa shape index (κ2) is 11.9. The van der Waals surface area contributed by atoms with Crippen LogP contribution in [0, 0.1) is 0 Å². The van der Waals surface area contributed by atoms with Gasteiger partial charge in [-0.15, -0.1) is 0 Å². The topological polar surface area (TPSA) is 102 Å². The van der Waals surface area contributed by atoms with Gasteiger partial charge in [0.1, 0.15) is 5.82 Å². The molecule has 1 saturated carbocycles. The molecule has 1 fully saturated rings. The molecule has 41 heavy (non-hydrogen) atoms. The van der Waals surface area contributed by atoms with Crippen LogP contribution in [0.25, 0.3) is 22.2 Å². The van der Waals surface area contributed by atoms with Gasteiger partial charge in [-0.25, -0.2) is 19.4 Å². The number of halogens is 3. The molecule has 1 N–H and O–H groups in total. The van der Waals surface area contributed by atoms with Gasteiger partial charge in [-0.3, -0.25) is 10.1 Å². The Bertz CT molecular complexity index is 1540. The number of fused-ring (bicyclic) bond motifs is 1. The van der Waals surface area contributed by atoms with E-state index in [0.717, 1.165) is 46.7 Å². The van der Waals surface area contributed by atoms with Crippen LogP contribution in [0.3, 0.4) is 0 Å². The number of carbonyl (C=O) groups excluding carboxylic acids is 2. The average molecular weight is 567 g/mol. The number of nitrogens with zero attached hydrogens (tertiary/aromatic N) is 5. The van der Waals surface area contributed by atoms with E-state index in [4.69, 9.17) is 0 Å². The molecule has 0 unspecified atom stereocenters. The number of alkyl halides is 3. The number of methoxy groups -OCH3 is 1. The van der Waals surface area contributed by atoms with Gasteiger partial charge in [0.2, 0.25) is 11.7 Å². The molecule has 12 heteroatoms. The summed E-state index contributed by atoms with van der Waals surface area (Å²) < 4.78 is 47.4. The first-order valence-corrected chi connectivity index (χ1v) is 13.3. The summed E-state index contributed by atoms with van der Waals surface area (Å²) in [5.74, 6) is -1.40. The van der Waals surface area contributed by atoms with Gasteiger partial charge < -0.3 is 9.64 Å². The summed E-state index contributed by atoms with van der Waals surface area (Å²) in [6.45, 7) is -0.121. The van der Waals surface area contributed by atoms with E-state index in [0.29, 0.717) is 0 Å². The third kappa shape index (κ3) is 6.47. The van der Waals surface area contributed by atoms with Gasteiger partial charge in [0.05, 0.1) is 20.1 Å². The Morgan fingerprint density at radius 1 is 1.10 bits per heavy atom. The zero-order valence-corrected chi connectivity index (χ0v) is 22.4. The Kier molecular flexibility index (Phi) is 8.18. The highest BCUT2D eigenvalue weighted by Gasteiger charge is 2.38. The molecule has 9 nitrogen and oxygen atoms in total. The van der Waals surface area contributed by atoms with Crippen molar-refractivity contribution in [3.8, 4) is 11.4 Å². The van der Waals surface area contributed by atoms with Crippen molar-refractivity contribution in [1.82, 2.24) is 24.6 Å². The van der Waals surface area contributed by atoms with Crippen molar-refractivity contribution in [2.75, 3.05) is 19.0 Å². The van der Waals surface area contributed by atoms with E-state index in [2.05, 4.69) is 25.1 Å². The minimum Gasteiger partial charge on any atom is -0.453 e. The van der Waals surface area contributed by atoms with Crippen LogP contribution in [-0.2, 0) is 28.7 Å². The van der Waals surface area contributed by atoms with Gasteiger partial charge in [-0.05, 0) is 41.3 Å². The normalized spacial score (nSPS) is 13.9. The number of pyridine rings is 1.